The Balaban J connectivity index is 1.63. The molecular weight excluding hydrogens is 354 g/mol. The van der Waals surface area contributed by atoms with Crippen LogP contribution in [0.4, 0.5) is 5.69 Å². The number of carbonyl (C=O) groups is 3. The average Bonchev–Trinajstić information content (AvgIpc) is 2.96. The van der Waals surface area contributed by atoms with Gasteiger partial charge in [-0.1, -0.05) is 37.3 Å². The monoisotopic (exact) mass is 377 g/mol. The summed E-state index contributed by atoms with van der Waals surface area (Å²) in [5.74, 6) is -0.573. The Bertz CT molecular complexity index is 871. The van der Waals surface area contributed by atoms with Gasteiger partial charge in [0.05, 0.1) is 16.8 Å². The highest BCUT2D eigenvalue weighted by Crippen LogP contribution is 2.22. The number of amides is 2. The predicted octanol–water partition coefficient (Wildman–Crippen LogP) is 3.90. The molecule has 2 aromatic rings. The smallest absolute Gasteiger partial charge is 0.261 e. The van der Waals surface area contributed by atoms with Crippen molar-refractivity contribution in [2.45, 2.75) is 32.6 Å². The number of anilines is 1. The zero-order valence-electron chi connectivity index (χ0n) is 15.9. The van der Waals surface area contributed by atoms with Crippen molar-refractivity contribution in [1.29, 1.82) is 0 Å². The Morgan fingerprint density at radius 2 is 1.54 bits per heavy atom. The molecule has 2 amide bonds. The van der Waals surface area contributed by atoms with Crippen molar-refractivity contribution >= 4 is 29.0 Å². The van der Waals surface area contributed by atoms with Crippen LogP contribution in [0.25, 0.3) is 0 Å². The van der Waals surface area contributed by atoms with Gasteiger partial charge < -0.3 is 0 Å². The molecule has 3 rings (SSSR count). The molecule has 6 nitrogen and oxygen atoms in total. The van der Waals surface area contributed by atoms with Crippen molar-refractivity contribution in [3.8, 4) is 0 Å². The summed E-state index contributed by atoms with van der Waals surface area (Å²) in [6.07, 6.45) is 2.03. The van der Waals surface area contributed by atoms with Gasteiger partial charge in [0.25, 0.3) is 11.8 Å². The molecule has 1 aliphatic heterocycles. The third-order valence-corrected chi connectivity index (χ3v) is 4.57. The van der Waals surface area contributed by atoms with E-state index >= 15 is 0 Å². The predicted molar refractivity (Wildman–Crippen MR) is 108 cm³/mol. The van der Waals surface area contributed by atoms with Crippen LogP contribution in [0.5, 0.6) is 0 Å². The molecule has 144 valence electrons. The third kappa shape index (κ3) is 4.34. The average molecular weight is 377 g/mol. The first-order chi connectivity index (χ1) is 13.6. The van der Waals surface area contributed by atoms with E-state index < -0.39 is 0 Å². The van der Waals surface area contributed by atoms with Crippen LogP contribution in [0.1, 0.15) is 53.3 Å². The Kier molecular flexibility index (Phi) is 6.32. The summed E-state index contributed by atoms with van der Waals surface area (Å²) in [6.45, 7) is 2.20. The molecule has 0 unspecified atom stereocenters. The number of hydrogen-bond donors (Lipinski definition) is 1. The molecule has 2 aromatic carbocycles. The molecule has 1 aliphatic rings. The maximum Gasteiger partial charge on any atom is 0.261 e. The fraction of sp³-hybridized carbons (Fsp3) is 0.273. The fourth-order valence-corrected chi connectivity index (χ4v) is 3.12. The van der Waals surface area contributed by atoms with Gasteiger partial charge in [-0.25, -0.2) is 0 Å². The van der Waals surface area contributed by atoms with Crippen LogP contribution in [0.2, 0.25) is 0 Å². The highest BCUT2D eigenvalue weighted by molar-refractivity contribution is 6.39. The number of fused-ring (bicyclic) bond motifs is 1. The number of hydrazone groups is 1. The molecule has 0 saturated heterocycles. The largest absolute Gasteiger partial charge is 0.293 e. The standard InChI is InChI=1S/C22H23N3O3/c1-2-9-20(26)19(24-23-16-10-4-3-5-11-16)14-8-15-25-21(27)17-12-6-7-13-18(17)22(25)28/h3-7,10-13,23H,2,8-9,14-15H2,1H3/b24-19-. The molecule has 28 heavy (non-hydrogen) atoms. The summed E-state index contributed by atoms with van der Waals surface area (Å²) in [5, 5.41) is 4.28. The molecule has 6 heteroatoms. The minimum atomic E-state index is -0.276. The molecule has 1 N–H and O–H groups in total. The number of nitrogens with zero attached hydrogens (tertiary/aromatic N) is 2. The molecule has 0 bridgehead atoms. The van der Waals surface area contributed by atoms with E-state index in [0.717, 1.165) is 12.1 Å². The van der Waals surface area contributed by atoms with Gasteiger partial charge in [-0.05, 0) is 43.5 Å². The number of Topliss-reactive ketones (excluding diaryl/α,β-unsaturated/α-hetero) is 1. The SMILES string of the molecule is CCCC(=O)/C(CCCN1C(=O)c2ccccc2C1=O)=N\Nc1ccccc1. The summed E-state index contributed by atoms with van der Waals surface area (Å²) in [4.78, 5) is 38.5. The number of imide groups is 1. The zero-order chi connectivity index (χ0) is 19.9. The molecular formula is C22H23N3O3. The number of nitrogens with one attached hydrogen (secondary N) is 1. The van der Waals surface area contributed by atoms with Crippen LogP contribution < -0.4 is 5.43 Å². The molecule has 1 heterocycles. The number of carbonyl (C=O) groups excluding carboxylic acids is 3. The molecule has 0 saturated carbocycles. The van der Waals surface area contributed by atoms with E-state index in [-0.39, 0.29) is 24.1 Å². The number of para-hydroxylation sites is 1. The van der Waals surface area contributed by atoms with E-state index in [1.807, 2.05) is 37.3 Å². The van der Waals surface area contributed by atoms with Gasteiger partial charge in [0.1, 0.15) is 5.71 Å². The number of rotatable bonds is 9. The Morgan fingerprint density at radius 1 is 0.929 bits per heavy atom. The topological polar surface area (TPSA) is 78.8 Å². The van der Waals surface area contributed by atoms with Gasteiger partial charge in [-0.15, -0.1) is 0 Å². The molecule has 0 fully saturated rings. The van der Waals surface area contributed by atoms with E-state index in [9.17, 15) is 14.4 Å². The van der Waals surface area contributed by atoms with Crippen LogP contribution in [0.15, 0.2) is 59.7 Å². The number of benzene rings is 2. The van der Waals surface area contributed by atoms with Crippen LogP contribution >= 0.6 is 0 Å². The second-order valence-corrected chi connectivity index (χ2v) is 6.62. The van der Waals surface area contributed by atoms with Crippen LogP contribution in [-0.2, 0) is 4.79 Å². The van der Waals surface area contributed by atoms with Crippen molar-refractivity contribution < 1.29 is 14.4 Å². The summed E-state index contributed by atoms with van der Waals surface area (Å²) in [5.41, 5.74) is 5.02. The molecule has 0 radical (unpaired) electrons. The Labute approximate surface area is 164 Å². The maximum absolute atomic E-state index is 12.4. The molecule has 0 aromatic heterocycles. The lowest BCUT2D eigenvalue weighted by molar-refractivity contribution is -0.113. The lowest BCUT2D eigenvalue weighted by Gasteiger charge is -2.14. The lowest BCUT2D eigenvalue weighted by Crippen LogP contribution is -2.31. The first-order valence-corrected chi connectivity index (χ1v) is 9.48. The van der Waals surface area contributed by atoms with Crippen molar-refractivity contribution in [1.82, 2.24) is 4.90 Å². The Hall–Kier alpha value is -3.28. The van der Waals surface area contributed by atoms with Gasteiger partial charge >= 0.3 is 0 Å². The van der Waals surface area contributed by atoms with Gasteiger partial charge in [0.2, 0.25) is 0 Å². The van der Waals surface area contributed by atoms with Crippen LogP contribution in [0, 0.1) is 0 Å². The minimum absolute atomic E-state index is 0.0201. The molecule has 0 atom stereocenters. The summed E-state index contributed by atoms with van der Waals surface area (Å²) < 4.78 is 0. The van der Waals surface area contributed by atoms with Crippen molar-refractivity contribution in [2.24, 2.45) is 5.10 Å². The number of ketones is 1. The summed E-state index contributed by atoms with van der Waals surface area (Å²) in [6, 6.07) is 16.2. The highest BCUT2D eigenvalue weighted by Gasteiger charge is 2.34. The van der Waals surface area contributed by atoms with Gasteiger partial charge in [-0.3, -0.25) is 24.7 Å². The second-order valence-electron chi connectivity index (χ2n) is 6.62. The van der Waals surface area contributed by atoms with E-state index in [0.29, 0.717) is 36.1 Å². The van der Waals surface area contributed by atoms with E-state index in [2.05, 4.69) is 10.5 Å². The fourth-order valence-electron chi connectivity index (χ4n) is 3.12. The lowest BCUT2D eigenvalue weighted by atomic mass is 10.1. The number of hydrogen-bond acceptors (Lipinski definition) is 5. The van der Waals surface area contributed by atoms with E-state index in [4.69, 9.17) is 0 Å². The van der Waals surface area contributed by atoms with Gasteiger partial charge in [-0.2, -0.15) is 5.10 Å². The van der Waals surface area contributed by atoms with Crippen molar-refractivity contribution in [3.63, 3.8) is 0 Å². The van der Waals surface area contributed by atoms with Crippen molar-refractivity contribution in [2.75, 3.05) is 12.0 Å². The second kappa shape index (κ2) is 9.08. The maximum atomic E-state index is 12.4. The van der Waals surface area contributed by atoms with Gasteiger partial charge in [0, 0.05) is 13.0 Å². The van der Waals surface area contributed by atoms with Crippen LogP contribution in [0.3, 0.4) is 0 Å². The molecule has 0 spiro atoms. The normalized spacial score (nSPS) is 13.6. The first kappa shape index (κ1) is 19.5. The van der Waals surface area contributed by atoms with E-state index in [1.54, 1.807) is 24.3 Å². The molecule has 0 aliphatic carbocycles. The van der Waals surface area contributed by atoms with Crippen molar-refractivity contribution in [3.05, 3.63) is 65.7 Å². The van der Waals surface area contributed by atoms with E-state index in [1.165, 1.54) is 4.90 Å². The first-order valence-electron chi connectivity index (χ1n) is 9.48. The van der Waals surface area contributed by atoms with Crippen LogP contribution in [-0.4, -0.2) is 34.8 Å². The summed E-state index contributed by atoms with van der Waals surface area (Å²) >= 11 is 0. The summed E-state index contributed by atoms with van der Waals surface area (Å²) in [7, 11) is 0. The minimum Gasteiger partial charge on any atom is -0.293 e. The Morgan fingerprint density at radius 3 is 2.14 bits per heavy atom. The highest BCUT2D eigenvalue weighted by atomic mass is 16.2. The zero-order valence-corrected chi connectivity index (χ0v) is 15.9. The van der Waals surface area contributed by atoms with Gasteiger partial charge in [0.15, 0.2) is 5.78 Å². The third-order valence-electron chi connectivity index (χ3n) is 4.57. The quantitative estimate of drug-likeness (QED) is 0.408.